The van der Waals surface area contributed by atoms with E-state index in [4.69, 9.17) is 9.47 Å². The average molecular weight is 360 g/mol. The Morgan fingerprint density at radius 1 is 1.46 bits per heavy atom. The monoisotopic (exact) mass is 360 g/mol. The Kier molecular flexibility index (Phi) is 5.47. The van der Waals surface area contributed by atoms with Gasteiger partial charge in [-0.25, -0.2) is 9.78 Å². The molecule has 0 bridgehead atoms. The summed E-state index contributed by atoms with van der Waals surface area (Å²) in [6.07, 6.45) is 3.32. The summed E-state index contributed by atoms with van der Waals surface area (Å²) in [6, 6.07) is 5.00. The minimum Gasteiger partial charge on any atom is -0.472 e. The number of nitrogens with zero attached hydrogens (tertiary/aromatic N) is 2. The Morgan fingerprint density at radius 3 is 3.08 bits per heavy atom. The van der Waals surface area contributed by atoms with Crippen molar-refractivity contribution in [3.63, 3.8) is 0 Å². The molecule has 138 valence electrons. The highest BCUT2D eigenvalue weighted by atomic mass is 16.5. The van der Waals surface area contributed by atoms with Gasteiger partial charge < -0.3 is 14.8 Å². The van der Waals surface area contributed by atoms with E-state index in [9.17, 15) is 14.4 Å². The van der Waals surface area contributed by atoms with Crippen LogP contribution >= 0.6 is 0 Å². The molecular weight excluding hydrogens is 340 g/mol. The maximum absolute atomic E-state index is 12.3. The lowest BCUT2D eigenvalue weighted by Crippen LogP contribution is -2.53. The Morgan fingerprint density at radius 2 is 2.31 bits per heavy atom. The third kappa shape index (κ3) is 4.37. The molecule has 3 heterocycles. The van der Waals surface area contributed by atoms with Crippen LogP contribution in [0.3, 0.4) is 0 Å². The molecule has 2 aromatic rings. The zero-order valence-electron chi connectivity index (χ0n) is 14.3. The standard InChI is InChI=1S/C17H20N4O5/c1-11-8-21(17(24)20-16(11)23)9-14(22)19-12-10-25-7-5-13(12)26-15-4-2-3-6-18-15/h2-4,6,8,12-13H,5,7,9-10H2,1H3,(H,19,22)(H,20,23,24)/t12-,13-/m1/s1. The van der Waals surface area contributed by atoms with Crippen molar-refractivity contribution in [3.05, 3.63) is 57.0 Å². The van der Waals surface area contributed by atoms with E-state index in [1.807, 2.05) is 6.07 Å². The first-order valence-electron chi connectivity index (χ1n) is 8.28. The molecule has 0 radical (unpaired) electrons. The van der Waals surface area contributed by atoms with Gasteiger partial charge in [-0.1, -0.05) is 6.07 Å². The molecule has 2 N–H and O–H groups in total. The summed E-state index contributed by atoms with van der Waals surface area (Å²) in [5.74, 6) is 0.106. The number of pyridine rings is 1. The van der Waals surface area contributed by atoms with Gasteiger partial charge in [0.2, 0.25) is 11.8 Å². The van der Waals surface area contributed by atoms with Crippen molar-refractivity contribution >= 4 is 5.91 Å². The van der Waals surface area contributed by atoms with Crippen LogP contribution in [0.5, 0.6) is 5.88 Å². The first kappa shape index (κ1) is 17.9. The number of carbonyl (C=O) groups is 1. The number of carbonyl (C=O) groups excluding carboxylic acids is 1. The summed E-state index contributed by atoms with van der Waals surface area (Å²) in [4.78, 5) is 41.8. The lowest BCUT2D eigenvalue weighted by Gasteiger charge is -2.32. The van der Waals surface area contributed by atoms with E-state index in [-0.39, 0.29) is 24.6 Å². The predicted molar refractivity (Wildman–Crippen MR) is 92.1 cm³/mol. The van der Waals surface area contributed by atoms with Crippen molar-refractivity contribution in [1.82, 2.24) is 19.9 Å². The van der Waals surface area contributed by atoms with Crippen LogP contribution in [-0.4, -0.2) is 45.8 Å². The van der Waals surface area contributed by atoms with E-state index in [0.717, 1.165) is 4.57 Å². The molecule has 2 atom stereocenters. The van der Waals surface area contributed by atoms with Gasteiger partial charge in [-0.05, 0) is 13.0 Å². The highest BCUT2D eigenvalue weighted by molar-refractivity contribution is 5.76. The molecule has 0 spiro atoms. The second-order valence-corrected chi connectivity index (χ2v) is 6.06. The predicted octanol–water partition coefficient (Wildman–Crippen LogP) is -0.407. The number of rotatable bonds is 5. The van der Waals surface area contributed by atoms with Crippen LogP contribution in [0.25, 0.3) is 0 Å². The van der Waals surface area contributed by atoms with Gasteiger partial charge in [0, 0.05) is 30.4 Å². The van der Waals surface area contributed by atoms with Gasteiger partial charge in [0.25, 0.3) is 5.56 Å². The zero-order chi connectivity index (χ0) is 18.5. The normalized spacial score (nSPS) is 19.7. The number of ether oxygens (including phenoxy) is 2. The molecule has 1 saturated heterocycles. The van der Waals surface area contributed by atoms with Crippen LogP contribution < -0.4 is 21.3 Å². The Bertz CT molecular complexity index is 877. The minimum atomic E-state index is -0.628. The summed E-state index contributed by atoms with van der Waals surface area (Å²) < 4.78 is 12.4. The van der Waals surface area contributed by atoms with Gasteiger partial charge in [0.15, 0.2) is 0 Å². The smallest absolute Gasteiger partial charge is 0.328 e. The summed E-state index contributed by atoms with van der Waals surface area (Å²) in [6.45, 7) is 2.20. The Hall–Kier alpha value is -2.94. The zero-order valence-corrected chi connectivity index (χ0v) is 14.3. The molecule has 0 unspecified atom stereocenters. The van der Waals surface area contributed by atoms with Gasteiger partial charge in [0.1, 0.15) is 12.6 Å². The molecule has 2 aromatic heterocycles. The molecular formula is C17H20N4O5. The number of hydrogen-bond donors (Lipinski definition) is 2. The average Bonchev–Trinajstić information content (AvgIpc) is 2.62. The van der Waals surface area contributed by atoms with E-state index >= 15 is 0 Å². The summed E-state index contributed by atoms with van der Waals surface area (Å²) in [5, 5.41) is 2.83. The van der Waals surface area contributed by atoms with Crippen LogP contribution in [0.15, 0.2) is 40.2 Å². The van der Waals surface area contributed by atoms with Crippen LogP contribution in [-0.2, 0) is 16.1 Å². The maximum atomic E-state index is 12.3. The number of hydrogen-bond acceptors (Lipinski definition) is 6. The first-order valence-corrected chi connectivity index (χ1v) is 8.28. The van der Waals surface area contributed by atoms with Crippen molar-refractivity contribution in [3.8, 4) is 5.88 Å². The van der Waals surface area contributed by atoms with Crippen molar-refractivity contribution < 1.29 is 14.3 Å². The quantitative estimate of drug-likeness (QED) is 0.749. The number of aryl methyl sites for hydroxylation is 1. The maximum Gasteiger partial charge on any atom is 0.328 e. The SMILES string of the molecule is Cc1cn(CC(=O)N[C@@H]2COCC[C@H]2Oc2ccccn2)c(=O)[nH]c1=O. The first-order chi connectivity index (χ1) is 12.5. The van der Waals surface area contributed by atoms with Gasteiger partial charge in [-0.3, -0.25) is 19.1 Å². The summed E-state index contributed by atoms with van der Waals surface area (Å²) in [5.41, 5.74) is -0.733. The van der Waals surface area contributed by atoms with Crippen LogP contribution in [0.1, 0.15) is 12.0 Å². The van der Waals surface area contributed by atoms with Gasteiger partial charge in [-0.2, -0.15) is 0 Å². The van der Waals surface area contributed by atoms with E-state index in [1.54, 1.807) is 25.3 Å². The molecule has 3 rings (SSSR count). The second-order valence-electron chi connectivity index (χ2n) is 6.06. The van der Waals surface area contributed by atoms with Crippen LogP contribution in [0.2, 0.25) is 0 Å². The van der Waals surface area contributed by atoms with E-state index in [2.05, 4.69) is 15.3 Å². The molecule has 1 aliphatic rings. The number of aromatic nitrogens is 3. The number of nitrogens with one attached hydrogen (secondary N) is 2. The lowest BCUT2D eigenvalue weighted by atomic mass is 10.1. The largest absolute Gasteiger partial charge is 0.472 e. The second kappa shape index (κ2) is 7.96. The van der Waals surface area contributed by atoms with E-state index < -0.39 is 11.2 Å². The Labute approximate surface area is 149 Å². The molecule has 9 heteroatoms. The van der Waals surface area contributed by atoms with Crippen molar-refractivity contribution in [2.45, 2.75) is 32.0 Å². The van der Waals surface area contributed by atoms with Gasteiger partial charge in [-0.15, -0.1) is 0 Å². The molecule has 1 fully saturated rings. The van der Waals surface area contributed by atoms with Crippen molar-refractivity contribution in [1.29, 1.82) is 0 Å². The van der Waals surface area contributed by atoms with E-state index in [1.165, 1.54) is 6.20 Å². The lowest BCUT2D eigenvalue weighted by molar-refractivity contribution is -0.125. The molecule has 1 amide bonds. The summed E-state index contributed by atoms with van der Waals surface area (Å²) in [7, 11) is 0. The van der Waals surface area contributed by atoms with Crippen molar-refractivity contribution in [2.75, 3.05) is 13.2 Å². The molecule has 0 saturated carbocycles. The molecule has 9 nitrogen and oxygen atoms in total. The highest BCUT2D eigenvalue weighted by Crippen LogP contribution is 2.15. The van der Waals surface area contributed by atoms with Gasteiger partial charge >= 0.3 is 5.69 Å². The fourth-order valence-corrected chi connectivity index (χ4v) is 2.71. The Balaban J connectivity index is 1.66. The number of aromatic amines is 1. The number of H-pyrrole nitrogens is 1. The van der Waals surface area contributed by atoms with E-state index in [0.29, 0.717) is 31.1 Å². The fourth-order valence-electron chi connectivity index (χ4n) is 2.71. The highest BCUT2D eigenvalue weighted by Gasteiger charge is 2.29. The summed E-state index contributed by atoms with van der Waals surface area (Å²) >= 11 is 0. The topological polar surface area (TPSA) is 115 Å². The molecule has 0 aliphatic carbocycles. The van der Waals surface area contributed by atoms with Crippen molar-refractivity contribution in [2.24, 2.45) is 0 Å². The minimum absolute atomic E-state index is 0.205. The molecule has 1 aliphatic heterocycles. The van der Waals surface area contributed by atoms with Gasteiger partial charge in [0.05, 0.1) is 19.3 Å². The molecule has 0 aromatic carbocycles. The van der Waals surface area contributed by atoms with Crippen LogP contribution in [0.4, 0.5) is 0 Å². The third-order valence-corrected chi connectivity index (χ3v) is 4.05. The van der Waals surface area contributed by atoms with Crippen LogP contribution in [0, 0.1) is 6.92 Å². The third-order valence-electron chi connectivity index (χ3n) is 4.05. The molecule has 26 heavy (non-hydrogen) atoms. The number of amides is 1. The fraction of sp³-hybridized carbons (Fsp3) is 0.412.